The molecule has 1 amide bonds. The molecular weight excluding hydrogens is 282 g/mol. The lowest BCUT2D eigenvalue weighted by Crippen LogP contribution is -2.24. The maximum absolute atomic E-state index is 12.4. The molecule has 7 heteroatoms. The predicted molar refractivity (Wildman–Crippen MR) is 81.5 cm³/mol. The number of fused-ring (bicyclic) bond motifs is 1. The van der Waals surface area contributed by atoms with Crippen molar-refractivity contribution in [3.8, 4) is 0 Å². The van der Waals surface area contributed by atoms with Crippen LogP contribution in [0.15, 0.2) is 35.3 Å². The number of carbonyl (C=O) groups excluding carboxylic acids is 1. The number of hydrogen-bond donors (Lipinski definition) is 2. The van der Waals surface area contributed by atoms with Crippen molar-refractivity contribution in [3.05, 3.63) is 57.8 Å². The number of aryl methyl sites for hydroxylation is 2. The molecular formula is C15H15N5O2. The van der Waals surface area contributed by atoms with E-state index in [9.17, 15) is 9.59 Å². The summed E-state index contributed by atoms with van der Waals surface area (Å²) in [7, 11) is 1.69. The second-order valence-electron chi connectivity index (χ2n) is 5.01. The maximum Gasteiger partial charge on any atom is 0.274 e. The maximum atomic E-state index is 12.4. The van der Waals surface area contributed by atoms with Gasteiger partial charge in [0.1, 0.15) is 0 Å². The highest BCUT2D eigenvalue weighted by molar-refractivity contribution is 6.05. The lowest BCUT2D eigenvalue weighted by atomic mass is 10.1. The molecule has 3 aromatic rings. The van der Waals surface area contributed by atoms with Gasteiger partial charge >= 0.3 is 0 Å². The lowest BCUT2D eigenvalue weighted by molar-refractivity contribution is 0.0952. The van der Waals surface area contributed by atoms with Crippen LogP contribution in [0.1, 0.15) is 21.7 Å². The minimum absolute atomic E-state index is 0.298. The Kier molecular flexibility index (Phi) is 3.46. The third-order valence-electron chi connectivity index (χ3n) is 3.34. The molecule has 0 spiro atoms. The van der Waals surface area contributed by atoms with Crippen LogP contribution >= 0.6 is 0 Å². The van der Waals surface area contributed by atoms with E-state index in [2.05, 4.69) is 20.4 Å². The summed E-state index contributed by atoms with van der Waals surface area (Å²) < 4.78 is 1.51. The van der Waals surface area contributed by atoms with Crippen molar-refractivity contribution in [2.45, 2.75) is 13.5 Å². The van der Waals surface area contributed by atoms with E-state index in [4.69, 9.17) is 0 Å². The quantitative estimate of drug-likeness (QED) is 0.751. The fourth-order valence-corrected chi connectivity index (χ4v) is 2.33. The molecule has 0 bridgehead atoms. The molecule has 2 N–H and O–H groups in total. The first kappa shape index (κ1) is 14.0. The zero-order valence-corrected chi connectivity index (χ0v) is 12.3. The van der Waals surface area contributed by atoms with Crippen molar-refractivity contribution in [2.75, 3.05) is 0 Å². The topological polar surface area (TPSA) is 92.7 Å². The van der Waals surface area contributed by atoms with Crippen LogP contribution in [0.5, 0.6) is 0 Å². The number of carbonyl (C=O) groups is 1. The second-order valence-corrected chi connectivity index (χ2v) is 5.01. The Bertz CT molecular complexity index is 895. The van der Waals surface area contributed by atoms with E-state index in [0.717, 1.165) is 5.69 Å². The normalized spacial score (nSPS) is 10.8. The monoisotopic (exact) mass is 297 g/mol. The number of nitrogens with zero attached hydrogens (tertiary/aromatic N) is 3. The zero-order chi connectivity index (χ0) is 15.7. The Morgan fingerprint density at radius 2 is 2.23 bits per heavy atom. The number of aromatic nitrogens is 4. The van der Waals surface area contributed by atoms with Crippen molar-refractivity contribution in [1.29, 1.82) is 0 Å². The van der Waals surface area contributed by atoms with Crippen LogP contribution in [0.4, 0.5) is 0 Å². The summed E-state index contributed by atoms with van der Waals surface area (Å²) in [5.74, 6) is -0.321. The van der Waals surface area contributed by atoms with Gasteiger partial charge in [-0.2, -0.15) is 0 Å². The number of aromatic amines is 1. The van der Waals surface area contributed by atoms with Gasteiger partial charge < -0.3 is 5.32 Å². The molecule has 0 atom stereocenters. The molecule has 112 valence electrons. The Morgan fingerprint density at radius 3 is 2.95 bits per heavy atom. The van der Waals surface area contributed by atoms with Gasteiger partial charge in [-0.15, -0.1) is 0 Å². The molecule has 0 saturated carbocycles. The smallest absolute Gasteiger partial charge is 0.274 e. The first-order valence-electron chi connectivity index (χ1n) is 6.80. The second kappa shape index (κ2) is 5.44. The van der Waals surface area contributed by atoms with Gasteiger partial charge in [0.2, 0.25) is 0 Å². The number of H-pyrrole nitrogens is 1. The molecule has 0 fully saturated rings. The van der Waals surface area contributed by atoms with Gasteiger partial charge in [-0.25, -0.2) is 4.98 Å². The summed E-state index contributed by atoms with van der Waals surface area (Å²) in [5.41, 5.74) is 1.88. The number of hydrogen-bond acceptors (Lipinski definition) is 4. The Balaban J connectivity index is 1.95. The number of pyridine rings is 2. The first-order valence-corrected chi connectivity index (χ1v) is 6.80. The Hall–Kier alpha value is -2.96. The minimum Gasteiger partial charge on any atom is -0.346 e. The van der Waals surface area contributed by atoms with Gasteiger partial charge in [-0.05, 0) is 25.1 Å². The highest BCUT2D eigenvalue weighted by atomic mass is 16.2. The molecule has 3 aromatic heterocycles. The van der Waals surface area contributed by atoms with E-state index >= 15 is 0 Å². The molecule has 3 heterocycles. The SMILES string of the molecule is Cc1cc(C(=O)NCc2ccccn2)c2c(=O)[nH]n(C)c2n1. The van der Waals surface area contributed by atoms with Crippen molar-refractivity contribution in [1.82, 2.24) is 25.1 Å². The zero-order valence-electron chi connectivity index (χ0n) is 12.3. The fraction of sp³-hybridized carbons (Fsp3) is 0.200. The average molecular weight is 297 g/mol. The lowest BCUT2D eigenvalue weighted by Gasteiger charge is -2.06. The third-order valence-corrected chi connectivity index (χ3v) is 3.34. The van der Waals surface area contributed by atoms with E-state index in [0.29, 0.717) is 28.8 Å². The average Bonchev–Trinajstić information content (AvgIpc) is 2.79. The Morgan fingerprint density at radius 1 is 1.41 bits per heavy atom. The Labute approximate surface area is 126 Å². The third kappa shape index (κ3) is 2.48. The van der Waals surface area contributed by atoms with Gasteiger partial charge in [-0.1, -0.05) is 6.07 Å². The van der Waals surface area contributed by atoms with Crippen molar-refractivity contribution >= 4 is 16.9 Å². The standard InChI is InChI=1S/C15H15N5O2/c1-9-7-11(12-13(18-9)20(2)19-15(12)22)14(21)17-8-10-5-3-4-6-16-10/h3-7H,8H2,1-2H3,(H,17,21)(H,19,22). The van der Waals surface area contributed by atoms with E-state index < -0.39 is 0 Å². The molecule has 0 radical (unpaired) electrons. The highest BCUT2D eigenvalue weighted by Crippen LogP contribution is 2.14. The molecule has 22 heavy (non-hydrogen) atoms. The summed E-state index contributed by atoms with van der Waals surface area (Å²) in [4.78, 5) is 32.9. The molecule has 0 aliphatic heterocycles. The van der Waals surface area contributed by atoms with Gasteiger partial charge in [0.05, 0.1) is 23.2 Å². The number of rotatable bonds is 3. The van der Waals surface area contributed by atoms with Crippen LogP contribution in [-0.4, -0.2) is 25.7 Å². The molecule has 0 aliphatic carbocycles. The summed E-state index contributed by atoms with van der Waals surface area (Å²) in [5, 5.41) is 5.70. The molecule has 0 aromatic carbocycles. The summed E-state index contributed by atoms with van der Waals surface area (Å²) in [6.45, 7) is 2.08. The van der Waals surface area contributed by atoms with Gasteiger partial charge in [0, 0.05) is 18.9 Å². The van der Waals surface area contributed by atoms with Gasteiger partial charge in [-0.3, -0.25) is 24.4 Å². The van der Waals surface area contributed by atoms with E-state index in [1.165, 1.54) is 4.68 Å². The largest absolute Gasteiger partial charge is 0.346 e. The first-order chi connectivity index (χ1) is 10.6. The minimum atomic E-state index is -0.326. The van der Waals surface area contributed by atoms with E-state index in [1.54, 1.807) is 26.2 Å². The molecule has 3 rings (SSSR count). The van der Waals surface area contributed by atoms with Crippen molar-refractivity contribution in [3.63, 3.8) is 0 Å². The van der Waals surface area contributed by atoms with Crippen LogP contribution < -0.4 is 10.9 Å². The summed E-state index contributed by atoms with van der Waals surface area (Å²) in [6, 6.07) is 7.10. The van der Waals surface area contributed by atoms with E-state index in [-0.39, 0.29) is 11.5 Å². The van der Waals surface area contributed by atoms with Crippen molar-refractivity contribution in [2.24, 2.45) is 7.05 Å². The number of nitrogens with one attached hydrogen (secondary N) is 2. The molecule has 7 nitrogen and oxygen atoms in total. The highest BCUT2D eigenvalue weighted by Gasteiger charge is 2.17. The van der Waals surface area contributed by atoms with Crippen LogP contribution in [0.3, 0.4) is 0 Å². The number of amides is 1. The van der Waals surface area contributed by atoms with Crippen LogP contribution in [-0.2, 0) is 13.6 Å². The molecule has 0 unspecified atom stereocenters. The molecule has 0 saturated heterocycles. The predicted octanol–water partition coefficient (Wildman–Crippen LogP) is 0.895. The van der Waals surface area contributed by atoms with Gasteiger partial charge in [0.15, 0.2) is 5.65 Å². The van der Waals surface area contributed by atoms with Crippen molar-refractivity contribution < 1.29 is 4.79 Å². The summed E-state index contributed by atoms with van der Waals surface area (Å²) in [6.07, 6.45) is 1.66. The van der Waals surface area contributed by atoms with Crippen LogP contribution in [0.25, 0.3) is 11.0 Å². The fourth-order valence-electron chi connectivity index (χ4n) is 2.33. The van der Waals surface area contributed by atoms with Crippen LogP contribution in [0, 0.1) is 6.92 Å². The van der Waals surface area contributed by atoms with E-state index in [1.807, 2.05) is 18.2 Å². The summed E-state index contributed by atoms with van der Waals surface area (Å²) >= 11 is 0. The van der Waals surface area contributed by atoms with Gasteiger partial charge in [0.25, 0.3) is 11.5 Å². The van der Waals surface area contributed by atoms with Crippen LogP contribution in [0.2, 0.25) is 0 Å². The molecule has 0 aliphatic rings.